The summed E-state index contributed by atoms with van der Waals surface area (Å²) in [5.74, 6) is 0.761. The molecule has 1 aliphatic carbocycles. The van der Waals surface area contributed by atoms with Gasteiger partial charge in [0.1, 0.15) is 18.1 Å². The summed E-state index contributed by atoms with van der Waals surface area (Å²) in [4.78, 5) is 16.2. The number of carboxylic acid groups (broad SMARTS) is 1. The van der Waals surface area contributed by atoms with Crippen molar-refractivity contribution in [3.63, 3.8) is 0 Å². The number of aromatic nitrogens is 1. The summed E-state index contributed by atoms with van der Waals surface area (Å²) in [6.07, 6.45) is 6.02. The van der Waals surface area contributed by atoms with E-state index in [9.17, 15) is 9.90 Å². The number of pyridine rings is 1. The number of halogens is 1. The molecule has 8 heteroatoms. The van der Waals surface area contributed by atoms with Crippen molar-refractivity contribution in [1.82, 2.24) is 4.98 Å². The van der Waals surface area contributed by atoms with Crippen LogP contribution in [-0.4, -0.2) is 28.9 Å². The number of nitrogens with zero attached hydrogens (tertiary/aromatic N) is 1. The Morgan fingerprint density at radius 2 is 2.03 bits per heavy atom. The molecule has 3 N–H and O–H groups in total. The Morgan fingerprint density at radius 3 is 2.74 bits per heavy atom. The monoisotopic (exact) mass is 529 g/mol. The van der Waals surface area contributed by atoms with Crippen LogP contribution in [0.1, 0.15) is 46.9 Å². The number of rotatable bonds is 8. The van der Waals surface area contributed by atoms with Crippen LogP contribution in [0.15, 0.2) is 65.4 Å². The number of para-hydroxylation sites is 1. The molecule has 0 bridgehead atoms. The molecule has 0 amide bonds. The maximum Gasteiger partial charge on any atom is 0.335 e. The van der Waals surface area contributed by atoms with Crippen LogP contribution in [0.2, 0.25) is 5.02 Å². The first kappa shape index (κ1) is 25.5. The molecule has 2 heterocycles. The molecule has 2 aliphatic rings. The zero-order valence-electron chi connectivity index (χ0n) is 21.2. The van der Waals surface area contributed by atoms with Crippen molar-refractivity contribution in [3.8, 4) is 17.4 Å². The second-order valence-electron chi connectivity index (χ2n) is 9.62. The Morgan fingerprint density at radius 1 is 1.21 bits per heavy atom. The zero-order chi connectivity index (χ0) is 26.8. The minimum Gasteiger partial charge on any atom is -0.478 e. The number of ether oxygens (including phenoxy) is 2. The van der Waals surface area contributed by atoms with Crippen molar-refractivity contribution >= 4 is 35.5 Å². The lowest BCUT2D eigenvalue weighted by atomic mass is 10.0. The van der Waals surface area contributed by atoms with Crippen LogP contribution in [0.3, 0.4) is 0 Å². The summed E-state index contributed by atoms with van der Waals surface area (Å²) >= 11 is 6.47. The lowest BCUT2D eigenvalue weighted by molar-refractivity contribution is 0.0696. The average Bonchev–Trinajstić information content (AvgIpc) is 3.71. The number of carbonyl (C=O) groups is 1. The van der Waals surface area contributed by atoms with Crippen molar-refractivity contribution in [1.29, 1.82) is 5.41 Å². The highest BCUT2D eigenvalue weighted by molar-refractivity contribution is 6.33. The normalized spacial score (nSPS) is 16.3. The molecule has 1 aliphatic heterocycles. The predicted molar refractivity (Wildman–Crippen MR) is 149 cm³/mol. The van der Waals surface area contributed by atoms with Crippen molar-refractivity contribution in [2.24, 2.45) is 5.92 Å². The molecule has 1 fully saturated rings. The maximum atomic E-state index is 11.5. The smallest absolute Gasteiger partial charge is 0.335 e. The Kier molecular flexibility index (Phi) is 7.20. The molecule has 5 rings (SSSR count). The van der Waals surface area contributed by atoms with Crippen molar-refractivity contribution < 1.29 is 19.4 Å². The van der Waals surface area contributed by atoms with E-state index in [1.54, 1.807) is 24.3 Å². The van der Waals surface area contributed by atoms with Crippen molar-refractivity contribution in [3.05, 3.63) is 92.8 Å². The van der Waals surface area contributed by atoms with E-state index in [0.717, 1.165) is 46.5 Å². The maximum absolute atomic E-state index is 11.5. The number of carboxylic acids is 1. The highest BCUT2D eigenvalue weighted by Gasteiger charge is 2.28. The summed E-state index contributed by atoms with van der Waals surface area (Å²) in [6.45, 7) is 4.18. The van der Waals surface area contributed by atoms with E-state index in [4.69, 9.17) is 31.5 Å². The van der Waals surface area contributed by atoms with Crippen molar-refractivity contribution in [2.45, 2.75) is 33.1 Å². The van der Waals surface area contributed by atoms with E-state index in [-0.39, 0.29) is 12.2 Å². The number of fused-ring (bicyclic) bond motifs is 2. The number of hydrogen-bond acceptors (Lipinski definition) is 6. The second kappa shape index (κ2) is 10.7. The molecule has 0 saturated heterocycles. The number of aromatic carboxylic acids is 1. The first-order chi connectivity index (χ1) is 18.3. The molecule has 38 heavy (non-hydrogen) atoms. The van der Waals surface area contributed by atoms with Gasteiger partial charge in [0.05, 0.1) is 27.7 Å². The third-order valence-electron chi connectivity index (χ3n) is 6.62. The zero-order valence-corrected chi connectivity index (χ0v) is 21.9. The van der Waals surface area contributed by atoms with Crippen LogP contribution in [0.5, 0.6) is 17.4 Å². The molecule has 1 aromatic heterocycles. The minimum absolute atomic E-state index is 0.156. The highest BCUT2D eigenvalue weighted by Crippen LogP contribution is 2.39. The Bertz CT molecular complexity index is 1470. The largest absolute Gasteiger partial charge is 0.478 e. The topological polar surface area (TPSA) is 105 Å². The third-order valence-corrected chi connectivity index (χ3v) is 6.93. The molecule has 0 radical (unpaired) electrons. The van der Waals surface area contributed by atoms with Gasteiger partial charge in [0.25, 0.3) is 0 Å². The van der Waals surface area contributed by atoms with Gasteiger partial charge in [-0.2, -0.15) is 0 Å². The molecular formula is C30H28ClN3O4. The van der Waals surface area contributed by atoms with Gasteiger partial charge in [-0.15, -0.1) is 0 Å². The number of anilines is 1. The van der Waals surface area contributed by atoms with Gasteiger partial charge in [0, 0.05) is 24.3 Å². The minimum atomic E-state index is -1.01. The van der Waals surface area contributed by atoms with E-state index >= 15 is 0 Å². The molecule has 194 valence electrons. The molecule has 7 nitrogen and oxygen atoms in total. The van der Waals surface area contributed by atoms with Crippen LogP contribution in [0, 0.1) is 18.3 Å². The Labute approximate surface area is 226 Å². The van der Waals surface area contributed by atoms with Gasteiger partial charge in [-0.05, 0) is 68.0 Å². The highest BCUT2D eigenvalue weighted by atomic mass is 35.5. The fourth-order valence-electron chi connectivity index (χ4n) is 4.47. The molecule has 0 spiro atoms. The van der Waals surface area contributed by atoms with E-state index in [1.165, 1.54) is 12.3 Å². The average molecular weight is 530 g/mol. The van der Waals surface area contributed by atoms with Gasteiger partial charge in [-0.1, -0.05) is 41.4 Å². The Hall–Kier alpha value is -4.10. The van der Waals surface area contributed by atoms with E-state index in [1.807, 2.05) is 38.1 Å². The number of hydrogen-bond donors (Lipinski definition) is 3. The fraction of sp³-hybridized carbons (Fsp3) is 0.233. The first-order valence-corrected chi connectivity index (χ1v) is 12.8. The number of nitrogens with one attached hydrogen (secondary N) is 2. The number of benzene rings is 2. The van der Waals surface area contributed by atoms with Crippen LogP contribution >= 0.6 is 11.6 Å². The second-order valence-corrected chi connectivity index (χ2v) is 10.0. The fourth-order valence-corrected chi connectivity index (χ4v) is 4.74. The summed E-state index contributed by atoms with van der Waals surface area (Å²) in [5, 5.41) is 21.4. The SMILES string of the molecule is C/C1=C/c2ccc(C(=O)O)cc2Oc2ccc(OC/C(Nc3c(C)cccc3Cl)=C(/C=N)C3CC3)nc2C1. The van der Waals surface area contributed by atoms with Gasteiger partial charge in [-0.3, -0.25) is 0 Å². The first-order valence-electron chi connectivity index (χ1n) is 12.4. The third kappa shape index (κ3) is 5.58. The molecule has 0 atom stereocenters. The summed E-state index contributed by atoms with van der Waals surface area (Å²) < 4.78 is 12.3. The van der Waals surface area contributed by atoms with Gasteiger partial charge in [-0.25, -0.2) is 9.78 Å². The van der Waals surface area contributed by atoms with E-state index in [2.05, 4.69) is 5.32 Å². The van der Waals surface area contributed by atoms with Gasteiger partial charge < -0.3 is 25.3 Å². The quantitative estimate of drug-likeness (QED) is 0.264. The molecule has 3 aromatic rings. The van der Waals surface area contributed by atoms with Crippen LogP contribution in [0.25, 0.3) is 6.08 Å². The Balaban J connectivity index is 1.41. The van der Waals surface area contributed by atoms with Gasteiger partial charge in [0.15, 0.2) is 0 Å². The molecule has 0 unspecified atom stereocenters. The van der Waals surface area contributed by atoms with Gasteiger partial charge >= 0.3 is 5.97 Å². The predicted octanol–water partition coefficient (Wildman–Crippen LogP) is 7.30. The molecule has 1 saturated carbocycles. The standard InChI is InChI=1S/C30H28ClN3O4/c1-17-12-20-8-9-21(30(35)36)14-27(20)38-26-10-11-28(33-24(26)13-17)37-16-25(22(15-32)19-6-7-19)34-29-18(2)4-3-5-23(29)31/h3-5,8-12,14-15,19,32,34H,6-7,13,16H2,1-2H3,(H,35,36)/b17-12-,25-22+,32-15?. The summed E-state index contributed by atoms with van der Waals surface area (Å²) in [5.41, 5.74) is 6.21. The van der Waals surface area contributed by atoms with E-state index < -0.39 is 5.97 Å². The molecule has 2 aromatic carbocycles. The van der Waals surface area contributed by atoms with E-state index in [0.29, 0.717) is 40.4 Å². The number of allylic oxidation sites excluding steroid dienone is 2. The van der Waals surface area contributed by atoms with Gasteiger partial charge in [0.2, 0.25) is 5.88 Å². The van der Waals surface area contributed by atoms with Crippen molar-refractivity contribution in [2.75, 3.05) is 11.9 Å². The number of aryl methyl sites for hydroxylation is 1. The van der Waals surface area contributed by atoms with Crippen LogP contribution in [0.4, 0.5) is 5.69 Å². The molecular weight excluding hydrogens is 502 g/mol. The lowest BCUT2D eigenvalue weighted by Gasteiger charge is -2.20. The van der Waals surface area contributed by atoms with Crippen LogP contribution in [-0.2, 0) is 6.42 Å². The lowest BCUT2D eigenvalue weighted by Crippen LogP contribution is -2.16. The summed E-state index contributed by atoms with van der Waals surface area (Å²) in [7, 11) is 0. The summed E-state index contributed by atoms with van der Waals surface area (Å²) in [6, 6.07) is 14.1. The van der Waals surface area contributed by atoms with Crippen LogP contribution < -0.4 is 14.8 Å².